The Balaban J connectivity index is 1.30. The van der Waals surface area contributed by atoms with E-state index < -0.39 is 23.8 Å². The molecular formula is C30H43N5O5S. The third kappa shape index (κ3) is 7.90. The Hall–Kier alpha value is -2.89. The molecule has 10 nitrogen and oxygen atoms in total. The van der Waals surface area contributed by atoms with Crippen molar-refractivity contribution in [1.82, 2.24) is 15.1 Å². The van der Waals surface area contributed by atoms with Crippen LogP contribution in [0.3, 0.4) is 0 Å². The zero-order valence-electron chi connectivity index (χ0n) is 24.6. The molecule has 224 valence electrons. The summed E-state index contributed by atoms with van der Waals surface area (Å²) >= 11 is 2.06. The quantitative estimate of drug-likeness (QED) is 0.335. The maximum atomic E-state index is 12.8. The minimum Gasteiger partial charge on any atom is -0.468 e. The number of carbonyl (C=O) groups is 3. The van der Waals surface area contributed by atoms with E-state index in [0.717, 1.165) is 32.1 Å². The molecule has 0 spiro atoms. The van der Waals surface area contributed by atoms with Gasteiger partial charge in [0, 0.05) is 60.2 Å². The molecule has 3 heterocycles. The van der Waals surface area contributed by atoms with Gasteiger partial charge in [0.25, 0.3) is 0 Å². The number of ether oxygens (including phenoxy) is 2. The van der Waals surface area contributed by atoms with Crippen LogP contribution in [0.4, 0.5) is 10.5 Å². The number of anilines is 1. The van der Waals surface area contributed by atoms with E-state index in [1.165, 1.54) is 51.7 Å². The van der Waals surface area contributed by atoms with Gasteiger partial charge in [0.1, 0.15) is 5.92 Å². The lowest BCUT2D eigenvalue weighted by Crippen LogP contribution is -2.48. The summed E-state index contributed by atoms with van der Waals surface area (Å²) in [6, 6.07) is 7.60. The molecule has 0 aromatic heterocycles. The molecule has 0 aliphatic carbocycles. The van der Waals surface area contributed by atoms with Gasteiger partial charge in [0.05, 0.1) is 19.8 Å². The Bertz CT molecular complexity index is 1160. The molecule has 0 bridgehead atoms. The van der Waals surface area contributed by atoms with Gasteiger partial charge in [-0.3, -0.25) is 14.7 Å². The van der Waals surface area contributed by atoms with Gasteiger partial charge >= 0.3 is 18.0 Å². The Morgan fingerprint density at radius 3 is 2.46 bits per heavy atom. The number of hydrogen-bond donors (Lipinski definition) is 2. The van der Waals surface area contributed by atoms with E-state index in [0.29, 0.717) is 34.8 Å². The summed E-state index contributed by atoms with van der Waals surface area (Å²) in [5.41, 5.74) is 2.58. The highest BCUT2D eigenvalue weighted by molar-refractivity contribution is 7.99. The van der Waals surface area contributed by atoms with Crippen molar-refractivity contribution in [3.63, 3.8) is 0 Å². The molecule has 0 saturated carbocycles. The molecule has 2 fully saturated rings. The van der Waals surface area contributed by atoms with E-state index in [4.69, 9.17) is 9.47 Å². The van der Waals surface area contributed by atoms with Crippen LogP contribution in [0.15, 0.2) is 40.5 Å². The third-order valence-corrected chi connectivity index (χ3v) is 9.19. The molecule has 11 heteroatoms. The minimum atomic E-state index is -0.786. The van der Waals surface area contributed by atoms with E-state index in [1.807, 2.05) is 6.07 Å². The highest BCUT2D eigenvalue weighted by Crippen LogP contribution is 2.40. The largest absolute Gasteiger partial charge is 0.468 e. The average Bonchev–Trinajstić information content (AvgIpc) is 2.99. The number of piperidine rings is 1. The van der Waals surface area contributed by atoms with Gasteiger partial charge in [0.15, 0.2) is 0 Å². The fourth-order valence-corrected chi connectivity index (χ4v) is 7.08. The standard InChI is InChI=1S/C30H43N5O5S/c1-20-25(28(36)39-3)27(26(21(2)32-20)29(37)40-4)22-7-5-8-23(19-22)33-30(38)31-11-6-12-34-13-9-24(10-14-34)35-15-17-41-18-16-35/h5,7-8,19,24-25,27H,6,9-18H2,1-4H3,(H2,31,33,38). The molecule has 41 heavy (non-hydrogen) atoms. The van der Waals surface area contributed by atoms with E-state index in [2.05, 4.69) is 37.2 Å². The van der Waals surface area contributed by atoms with E-state index in [9.17, 15) is 14.4 Å². The first-order valence-corrected chi connectivity index (χ1v) is 15.6. The molecule has 2 N–H and O–H groups in total. The molecule has 2 amide bonds. The maximum absolute atomic E-state index is 12.8. The zero-order chi connectivity index (χ0) is 29.4. The van der Waals surface area contributed by atoms with Gasteiger partial charge in [-0.15, -0.1) is 0 Å². The first kappa shape index (κ1) is 31.1. The minimum absolute atomic E-state index is 0.297. The summed E-state index contributed by atoms with van der Waals surface area (Å²) in [6.45, 7) is 9.70. The summed E-state index contributed by atoms with van der Waals surface area (Å²) in [4.78, 5) is 47.8. The van der Waals surface area contributed by atoms with Crippen LogP contribution in [0.5, 0.6) is 0 Å². The molecule has 2 saturated heterocycles. The number of benzene rings is 1. The van der Waals surface area contributed by atoms with Crippen molar-refractivity contribution in [2.45, 2.75) is 45.1 Å². The predicted molar refractivity (Wildman–Crippen MR) is 163 cm³/mol. The third-order valence-electron chi connectivity index (χ3n) is 8.25. The predicted octanol–water partition coefficient (Wildman–Crippen LogP) is 3.51. The normalized spacial score (nSPS) is 22.6. The number of carbonyl (C=O) groups excluding carboxylic acids is 3. The Kier molecular flexibility index (Phi) is 11.2. The number of hydrogen-bond acceptors (Lipinski definition) is 9. The number of nitrogens with one attached hydrogen (secondary N) is 2. The van der Waals surface area contributed by atoms with Gasteiger partial charge in [-0.05, 0) is 70.4 Å². The first-order chi connectivity index (χ1) is 19.8. The van der Waals surface area contributed by atoms with Gasteiger partial charge in [-0.25, -0.2) is 9.59 Å². The van der Waals surface area contributed by atoms with Crippen LogP contribution in [0.1, 0.15) is 44.6 Å². The number of amides is 2. The number of nitrogens with zero attached hydrogens (tertiary/aromatic N) is 3. The van der Waals surface area contributed by atoms with Gasteiger partial charge in [-0.2, -0.15) is 11.8 Å². The maximum Gasteiger partial charge on any atom is 0.336 e. The monoisotopic (exact) mass is 585 g/mol. The van der Waals surface area contributed by atoms with Crippen molar-refractivity contribution in [2.75, 3.05) is 70.3 Å². The number of urea groups is 1. The van der Waals surface area contributed by atoms with Crippen LogP contribution in [0.25, 0.3) is 0 Å². The van der Waals surface area contributed by atoms with Crippen LogP contribution < -0.4 is 10.6 Å². The molecule has 1 aromatic rings. The van der Waals surface area contributed by atoms with E-state index in [-0.39, 0.29) is 6.03 Å². The highest BCUT2D eigenvalue weighted by atomic mass is 32.2. The average molecular weight is 586 g/mol. The number of esters is 2. The van der Waals surface area contributed by atoms with Crippen molar-refractivity contribution in [2.24, 2.45) is 10.9 Å². The summed E-state index contributed by atoms with van der Waals surface area (Å²) in [6.07, 6.45) is 3.33. The smallest absolute Gasteiger partial charge is 0.336 e. The van der Waals surface area contributed by atoms with Crippen molar-refractivity contribution < 1.29 is 23.9 Å². The fraction of sp³-hybridized carbons (Fsp3) is 0.600. The van der Waals surface area contributed by atoms with Crippen LogP contribution >= 0.6 is 11.8 Å². The van der Waals surface area contributed by atoms with Crippen molar-refractivity contribution >= 4 is 41.1 Å². The zero-order valence-corrected chi connectivity index (χ0v) is 25.4. The molecule has 1 aromatic carbocycles. The molecule has 0 radical (unpaired) electrons. The molecular weight excluding hydrogens is 542 g/mol. The highest BCUT2D eigenvalue weighted by Gasteiger charge is 2.42. The van der Waals surface area contributed by atoms with Crippen LogP contribution in [0.2, 0.25) is 0 Å². The van der Waals surface area contributed by atoms with Gasteiger partial charge in [-0.1, -0.05) is 12.1 Å². The second kappa shape index (κ2) is 14.8. The number of aliphatic imine (C=N–C) groups is 1. The Morgan fingerprint density at radius 1 is 1.05 bits per heavy atom. The molecule has 4 rings (SSSR count). The Labute approximate surface area is 247 Å². The SMILES string of the molecule is COC(=O)C1=C(C)N=C(C)C(C(=O)OC)C1c1cccc(NC(=O)NCCCN2CCC(N3CCSCC3)CC2)c1. The van der Waals surface area contributed by atoms with Crippen LogP contribution in [-0.2, 0) is 19.1 Å². The molecule has 3 aliphatic rings. The van der Waals surface area contributed by atoms with Gasteiger partial charge in [0.2, 0.25) is 0 Å². The van der Waals surface area contributed by atoms with Crippen molar-refractivity contribution in [3.8, 4) is 0 Å². The van der Waals surface area contributed by atoms with E-state index in [1.54, 1.807) is 32.0 Å². The lowest BCUT2D eigenvalue weighted by molar-refractivity contribution is -0.143. The van der Waals surface area contributed by atoms with Gasteiger partial charge < -0.3 is 25.0 Å². The van der Waals surface area contributed by atoms with Crippen molar-refractivity contribution in [1.29, 1.82) is 0 Å². The van der Waals surface area contributed by atoms with Crippen molar-refractivity contribution in [3.05, 3.63) is 41.1 Å². The summed E-state index contributed by atoms with van der Waals surface area (Å²) < 4.78 is 10.1. The molecule has 3 aliphatic heterocycles. The summed E-state index contributed by atoms with van der Waals surface area (Å²) in [5, 5.41) is 5.84. The number of thioether (sulfide) groups is 1. The second-order valence-electron chi connectivity index (χ2n) is 10.8. The molecule has 2 atom stereocenters. The number of likely N-dealkylation sites (tertiary alicyclic amines) is 1. The fourth-order valence-electron chi connectivity index (χ4n) is 6.15. The number of rotatable bonds is 9. The Morgan fingerprint density at radius 2 is 1.78 bits per heavy atom. The van der Waals surface area contributed by atoms with E-state index >= 15 is 0 Å². The molecule has 2 unspecified atom stereocenters. The van der Waals surface area contributed by atoms with Crippen LogP contribution in [0, 0.1) is 5.92 Å². The number of allylic oxidation sites excluding steroid dienone is 1. The first-order valence-electron chi connectivity index (χ1n) is 14.4. The second-order valence-corrected chi connectivity index (χ2v) is 12.0. The summed E-state index contributed by atoms with van der Waals surface area (Å²) in [7, 11) is 2.62. The lowest BCUT2D eigenvalue weighted by atomic mass is 9.75. The topological polar surface area (TPSA) is 113 Å². The lowest BCUT2D eigenvalue weighted by Gasteiger charge is -2.40. The van der Waals surface area contributed by atoms with Crippen LogP contribution in [-0.4, -0.2) is 105 Å². The number of methoxy groups -OCH3 is 2. The summed E-state index contributed by atoms with van der Waals surface area (Å²) in [5.74, 6) is 0.0275.